The minimum atomic E-state index is -3.34. The highest BCUT2D eigenvalue weighted by Gasteiger charge is 2.15. The van der Waals surface area contributed by atoms with E-state index in [4.69, 9.17) is 5.73 Å². The minimum absolute atomic E-state index is 0.0445. The second-order valence-corrected chi connectivity index (χ2v) is 6.73. The van der Waals surface area contributed by atoms with E-state index in [1.54, 1.807) is 48.5 Å². The van der Waals surface area contributed by atoms with E-state index in [1.807, 2.05) is 6.92 Å². The average molecular weight is 287 g/mol. The number of sulfone groups is 1. The zero-order valence-corrected chi connectivity index (χ0v) is 12.2. The fraction of sp³-hybridized carbons (Fsp3) is 0.125. The number of benzene rings is 2. The normalized spacial score (nSPS) is 11.2. The second-order valence-electron chi connectivity index (χ2n) is 4.74. The van der Waals surface area contributed by atoms with E-state index in [0.717, 1.165) is 11.1 Å². The Hall–Kier alpha value is -2.07. The molecule has 0 spiro atoms. The number of rotatable bonds is 4. The molecule has 3 nitrogen and oxygen atoms in total. The van der Waals surface area contributed by atoms with Crippen LogP contribution < -0.4 is 5.73 Å². The lowest BCUT2D eigenvalue weighted by atomic mass is 10.1. The van der Waals surface area contributed by atoms with Crippen LogP contribution in [-0.2, 0) is 15.6 Å². The summed E-state index contributed by atoms with van der Waals surface area (Å²) in [5.74, 6) is -0.0445. The van der Waals surface area contributed by atoms with Crippen LogP contribution in [0.15, 0.2) is 53.9 Å². The molecule has 0 aliphatic heterocycles. The molecule has 0 radical (unpaired) electrons. The van der Waals surface area contributed by atoms with E-state index in [2.05, 4.69) is 6.58 Å². The maximum Gasteiger partial charge on any atom is 0.182 e. The average Bonchev–Trinajstić information content (AvgIpc) is 2.41. The first kappa shape index (κ1) is 14.3. The van der Waals surface area contributed by atoms with Gasteiger partial charge in [-0.2, -0.15) is 0 Å². The second kappa shape index (κ2) is 5.51. The molecule has 0 atom stereocenters. The molecule has 2 N–H and O–H groups in total. The summed E-state index contributed by atoms with van der Waals surface area (Å²) >= 11 is 0. The summed E-state index contributed by atoms with van der Waals surface area (Å²) in [7, 11) is -3.34. The van der Waals surface area contributed by atoms with Gasteiger partial charge >= 0.3 is 0 Å². The fourth-order valence-corrected chi connectivity index (χ4v) is 3.27. The van der Waals surface area contributed by atoms with Crippen molar-refractivity contribution in [2.75, 3.05) is 5.73 Å². The van der Waals surface area contributed by atoms with Crippen LogP contribution in [0, 0.1) is 6.92 Å². The Bertz CT molecular complexity index is 732. The molecule has 0 bridgehead atoms. The Morgan fingerprint density at radius 1 is 1.15 bits per heavy atom. The van der Waals surface area contributed by atoms with Crippen LogP contribution >= 0.6 is 0 Å². The Balaban J connectivity index is 2.33. The van der Waals surface area contributed by atoms with Gasteiger partial charge in [0.05, 0.1) is 10.6 Å². The molecule has 2 rings (SSSR count). The van der Waals surface area contributed by atoms with Crippen LogP contribution in [0.3, 0.4) is 0 Å². The summed E-state index contributed by atoms with van der Waals surface area (Å²) in [6.45, 7) is 5.59. The van der Waals surface area contributed by atoms with Crippen molar-refractivity contribution < 1.29 is 8.42 Å². The van der Waals surface area contributed by atoms with E-state index < -0.39 is 9.84 Å². The van der Waals surface area contributed by atoms with Crippen molar-refractivity contribution in [3.8, 4) is 0 Å². The number of aryl methyl sites for hydroxylation is 1. The summed E-state index contributed by atoms with van der Waals surface area (Å²) in [5.41, 5.74) is 8.85. The molecule has 0 aromatic heterocycles. The van der Waals surface area contributed by atoms with Gasteiger partial charge in [0, 0.05) is 5.69 Å². The number of hydrogen-bond donors (Lipinski definition) is 1. The topological polar surface area (TPSA) is 60.2 Å². The van der Waals surface area contributed by atoms with Gasteiger partial charge in [0.2, 0.25) is 0 Å². The van der Waals surface area contributed by atoms with Crippen molar-refractivity contribution >= 4 is 21.6 Å². The molecular formula is C16H17NO2S. The first-order chi connectivity index (χ1) is 9.42. The SMILES string of the molecule is C=Cc1cc(CS(=O)(=O)c2ccc(C)cc2)ccc1N. The highest BCUT2D eigenvalue weighted by atomic mass is 32.2. The summed E-state index contributed by atoms with van der Waals surface area (Å²) < 4.78 is 24.7. The van der Waals surface area contributed by atoms with E-state index in [-0.39, 0.29) is 5.75 Å². The van der Waals surface area contributed by atoms with Gasteiger partial charge in [-0.1, -0.05) is 36.4 Å². The third kappa shape index (κ3) is 3.08. The Morgan fingerprint density at radius 3 is 2.40 bits per heavy atom. The highest BCUT2D eigenvalue weighted by molar-refractivity contribution is 7.90. The Kier molecular flexibility index (Phi) is 3.95. The lowest BCUT2D eigenvalue weighted by molar-refractivity contribution is 0.595. The molecule has 20 heavy (non-hydrogen) atoms. The number of nitrogens with two attached hydrogens (primary N) is 1. The van der Waals surface area contributed by atoms with E-state index in [1.165, 1.54) is 0 Å². The molecular weight excluding hydrogens is 270 g/mol. The van der Waals surface area contributed by atoms with Gasteiger partial charge in [0.15, 0.2) is 9.84 Å². The molecule has 2 aromatic carbocycles. The predicted octanol–water partition coefficient (Wildman–Crippen LogP) is 3.19. The summed E-state index contributed by atoms with van der Waals surface area (Å²) in [4.78, 5) is 0.333. The molecule has 0 aliphatic rings. The van der Waals surface area contributed by atoms with E-state index in [9.17, 15) is 8.42 Å². The lowest BCUT2D eigenvalue weighted by Gasteiger charge is -2.07. The molecule has 2 aromatic rings. The van der Waals surface area contributed by atoms with Crippen molar-refractivity contribution in [1.82, 2.24) is 0 Å². The van der Waals surface area contributed by atoms with Crippen molar-refractivity contribution in [3.63, 3.8) is 0 Å². The molecule has 0 saturated heterocycles. The van der Waals surface area contributed by atoms with Gasteiger partial charge in [0.25, 0.3) is 0 Å². The Morgan fingerprint density at radius 2 is 1.80 bits per heavy atom. The summed E-state index contributed by atoms with van der Waals surface area (Å²) in [6.07, 6.45) is 1.62. The summed E-state index contributed by atoms with van der Waals surface area (Å²) in [5, 5.41) is 0. The third-order valence-corrected chi connectivity index (χ3v) is 4.81. The standard InChI is InChI=1S/C16H17NO2S/c1-3-14-10-13(6-9-16(14)17)11-20(18,19)15-7-4-12(2)5-8-15/h3-10H,1,11,17H2,2H3. The summed E-state index contributed by atoms with van der Waals surface area (Å²) in [6, 6.07) is 12.1. The minimum Gasteiger partial charge on any atom is -0.398 e. The predicted molar refractivity (Wildman–Crippen MR) is 83.0 cm³/mol. The van der Waals surface area contributed by atoms with Gasteiger partial charge in [-0.3, -0.25) is 0 Å². The molecule has 0 amide bonds. The van der Waals surface area contributed by atoms with Crippen LogP contribution in [0.25, 0.3) is 6.08 Å². The molecule has 0 fully saturated rings. The molecule has 0 aliphatic carbocycles. The van der Waals surface area contributed by atoms with E-state index in [0.29, 0.717) is 16.1 Å². The number of nitrogen functional groups attached to an aromatic ring is 1. The maximum absolute atomic E-state index is 12.3. The van der Waals surface area contributed by atoms with Crippen LogP contribution in [0.2, 0.25) is 0 Å². The number of anilines is 1. The van der Waals surface area contributed by atoms with Gasteiger partial charge in [-0.15, -0.1) is 0 Å². The van der Waals surface area contributed by atoms with Crippen LogP contribution in [0.4, 0.5) is 5.69 Å². The zero-order valence-electron chi connectivity index (χ0n) is 11.3. The van der Waals surface area contributed by atoms with E-state index >= 15 is 0 Å². The number of hydrogen-bond acceptors (Lipinski definition) is 3. The molecule has 0 saturated carbocycles. The monoisotopic (exact) mass is 287 g/mol. The maximum atomic E-state index is 12.3. The molecule has 0 unspecified atom stereocenters. The van der Waals surface area contributed by atoms with Crippen LogP contribution in [0.1, 0.15) is 16.7 Å². The van der Waals surface area contributed by atoms with Crippen molar-refractivity contribution in [1.29, 1.82) is 0 Å². The van der Waals surface area contributed by atoms with Crippen LogP contribution in [-0.4, -0.2) is 8.42 Å². The first-order valence-electron chi connectivity index (χ1n) is 6.22. The van der Waals surface area contributed by atoms with Gasteiger partial charge in [-0.25, -0.2) is 8.42 Å². The smallest absolute Gasteiger partial charge is 0.182 e. The third-order valence-electron chi connectivity index (χ3n) is 3.11. The molecule has 4 heteroatoms. The highest BCUT2D eigenvalue weighted by Crippen LogP contribution is 2.21. The van der Waals surface area contributed by atoms with Crippen molar-refractivity contribution in [3.05, 3.63) is 65.7 Å². The Labute approximate surface area is 119 Å². The molecule has 0 heterocycles. The quantitative estimate of drug-likeness (QED) is 0.878. The zero-order chi connectivity index (χ0) is 14.8. The fourth-order valence-electron chi connectivity index (χ4n) is 1.94. The molecule has 104 valence electrons. The van der Waals surface area contributed by atoms with Gasteiger partial charge < -0.3 is 5.73 Å². The lowest BCUT2D eigenvalue weighted by Crippen LogP contribution is -2.05. The van der Waals surface area contributed by atoms with Crippen molar-refractivity contribution in [2.24, 2.45) is 0 Å². The largest absolute Gasteiger partial charge is 0.398 e. The van der Waals surface area contributed by atoms with Gasteiger partial charge in [-0.05, 0) is 42.3 Å². The first-order valence-corrected chi connectivity index (χ1v) is 7.88. The van der Waals surface area contributed by atoms with Crippen molar-refractivity contribution in [2.45, 2.75) is 17.6 Å². The van der Waals surface area contributed by atoms with Crippen LogP contribution in [0.5, 0.6) is 0 Å². The van der Waals surface area contributed by atoms with Gasteiger partial charge in [0.1, 0.15) is 0 Å².